The second-order valence-electron chi connectivity index (χ2n) is 6.10. The number of ether oxygens (including phenoxy) is 1. The van der Waals surface area contributed by atoms with E-state index in [9.17, 15) is 4.79 Å². The van der Waals surface area contributed by atoms with Gasteiger partial charge in [0.1, 0.15) is 0 Å². The Morgan fingerprint density at radius 2 is 1.80 bits per heavy atom. The molecule has 3 rings (SSSR count). The minimum absolute atomic E-state index is 0.168. The second-order valence-corrected chi connectivity index (χ2v) is 6.10. The Hall–Kier alpha value is -1.35. The van der Waals surface area contributed by atoms with Gasteiger partial charge < -0.3 is 10.1 Å². The number of carbonyl (C=O) groups is 1. The van der Waals surface area contributed by atoms with Crippen LogP contribution in [-0.4, -0.2) is 19.1 Å². The molecule has 0 aliphatic heterocycles. The van der Waals surface area contributed by atoms with Crippen molar-refractivity contribution in [3.05, 3.63) is 35.4 Å². The molecule has 3 nitrogen and oxygen atoms in total. The molecule has 2 fully saturated rings. The molecule has 0 saturated heterocycles. The first-order chi connectivity index (χ1) is 9.78. The lowest BCUT2D eigenvalue weighted by Gasteiger charge is -2.19. The first-order valence-corrected chi connectivity index (χ1v) is 7.65. The topological polar surface area (TPSA) is 38.3 Å². The molecule has 2 aliphatic rings. The average Bonchev–Trinajstić information content (AvgIpc) is 3.34. The van der Waals surface area contributed by atoms with Crippen LogP contribution in [0.4, 0.5) is 0 Å². The fourth-order valence-corrected chi connectivity index (χ4v) is 2.99. The van der Waals surface area contributed by atoms with Crippen molar-refractivity contribution in [1.82, 2.24) is 5.32 Å². The summed E-state index contributed by atoms with van der Waals surface area (Å²) >= 11 is 0. The molecule has 3 heteroatoms. The maximum absolute atomic E-state index is 11.5. The highest BCUT2D eigenvalue weighted by Crippen LogP contribution is 2.44. The fourth-order valence-electron chi connectivity index (χ4n) is 2.99. The smallest absolute Gasteiger partial charge is 0.309 e. The van der Waals surface area contributed by atoms with Gasteiger partial charge in [-0.25, -0.2) is 0 Å². The van der Waals surface area contributed by atoms with Crippen LogP contribution in [0.15, 0.2) is 24.3 Å². The van der Waals surface area contributed by atoms with Crippen molar-refractivity contribution in [2.45, 2.75) is 44.7 Å². The Morgan fingerprint density at radius 3 is 2.35 bits per heavy atom. The van der Waals surface area contributed by atoms with E-state index >= 15 is 0 Å². The quantitative estimate of drug-likeness (QED) is 0.776. The van der Waals surface area contributed by atoms with Crippen molar-refractivity contribution in [2.75, 3.05) is 7.11 Å². The second kappa shape index (κ2) is 5.96. The van der Waals surface area contributed by atoms with Crippen molar-refractivity contribution in [1.29, 1.82) is 0 Å². The van der Waals surface area contributed by atoms with Crippen LogP contribution in [0.2, 0.25) is 0 Å². The van der Waals surface area contributed by atoms with Gasteiger partial charge >= 0.3 is 5.97 Å². The highest BCUT2D eigenvalue weighted by atomic mass is 16.5. The van der Waals surface area contributed by atoms with Crippen LogP contribution in [0, 0.1) is 11.8 Å². The zero-order valence-corrected chi connectivity index (χ0v) is 12.1. The summed E-state index contributed by atoms with van der Waals surface area (Å²) in [6, 6.07) is 8.86. The summed E-state index contributed by atoms with van der Waals surface area (Å²) in [4.78, 5) is 11.5. The van der Waals surface area contributed by atoms with E-state index in [0.717, 1.165) is 23.9 Å². The molecule has 0 spiro atoms. The van der Waals surface area contributed by atoms with Gasteiger partial charge in [0, 0.05) is 12.6 Å². The summed E-state index contributed by atoms with van der Waals surface area (Å²) in [5.41, 5.74) is 2.31. The van der Waals surface area contributed by atoms with Gasteiger partial charge in [-0.05, 0) is 48.6 Å². The molecule has 1 N–H and O–H groups in total. The van der Waals surface area contributed by atoms with E-state index in [1.165, 1.54) is 38.4 Å². The van der Waals surface area contributed by atoms with Gasteiger partial charge in [-0.15, -0.1) is 0 Å². The SMILES string of the molecule is COC(=O)Cc1ccccc1CNC(C1CC1)C1CC1. The number of esters is 1. The molecule has 0 radical (unpaired) electrons. The van der Waals surface area contributed by atoms with Crippen LogP contribution in [0.5, 0.6) is 0 Å². The van der Waals surface area contributed by atoms with Crippen LogP contribution in [0.3, 0.4) is 0 Å². The molecule has 20 heavy (non-hydrogen) atoms. The molecule has 0 aromatic heterocycles. The standard InChI is InChI=1S/C17H23NO2/c1-20-16(19)10-14-4-2-3-5-15(14)11-18-17(12-6-7-12)13-8-9-13/h2-5,12-13,17-18H,6-11H2,1H3. The highest BCUT2D eigenvalue weighted by Gasteiger charge is 2.40. The van der Waals surface area contributed by atoms with Crippen molar-refractivity contribution < 1.29 is 9.53 Å². The predicted octanol–water partition coefficient (Wildman–Crippen LogP) is 2.68. The van der Waals surface area contributed by atoms with Crippen molar-refractivity contribution in [3.63, 3.8) is 0 Å². The van der Waals surface area contributed by atoms with Gasteiger partial charge in [-0.2, -0.15) is 0 Å². The lowest BCUT2D eigenvalue weighted by atomic mass is 10.0. The Labute approximate surface area is 120 Å². The lowest BCUT2D eigenvalue weighted by molar-refractivity contribution is -0.139. The number of hydrogen-bond donors (Lipinski definition) is 1. The van der Waals surface area contributed by atoms with Crippen molar-refractivity contribution >= 4 is 5.97 Å². The summed E-state index contributed by atoms with van der Waals surface area (Å²) in [6.45, 7) is 0.866. The van der Waals surface area contributed by atoms with Crippen LogP contribution >= 0.6 is 0 Å². The first-order valence-electron chi connectivity index (χ1n) is 7.65. The zero-order chi connectivity index (χ0) is 13.9. The highest BCUT2D eigenvalue weighted by molar-refractivity contribution is 5.72. The number of benzene rings is 1. The maximum atomic E-state index is 11.5. The average molecular weight is 273 g/mol. The molecule has 1 aromatic rings. The number of rotatable bonds is 7. The summed E-state index contributed by atoms with van der Waals surface area (Å²) in [6.07, 6.45) is 5.91. The van der Waals surface area contributed by atoms with Crippen LogP contribution in [0.25, 0.3) is 0 Å². The number of hydrogen-bond acceptors (Lipinski definition) is 3. The van der Waals surface area contributed by atoms with E-state index in [0.29, 0.717) is 12.5 Å². The van der Waals surface area contributed by atoms with Gasteiger partial charge in [-0.1, -0.05) is 24.3 Å². The van der Waals surface area contributed by atoms with Gasteiger partial charge in [0.15, 0.2) is 0 Å². The van der Waals surface area contributed by atoms with Gasteiger partial charge in [0.05, 0.1) is 13.5 Å². The monoisotopic (exact) mass is 273 g/mol. The predicted molar refractivity (Wildman–Crippen MR) is 78.2 cm³/mol. The fraction of sp³-hybridized carbons (Fsp3) is 0.588. The Morgan fingerprint density at radius 1 is 1.20 bits per heavy atom. The van der Waals surface area contributed by atoms with E-state index < -0.39 is 0 Å². The number of methoxy groups -OCH3 is 1. The zero-order valence-electron chi connectivity index (χ0n) is 12.1. The molecule has 0 atom stereocenters. The van der Waals surface area contributed by atoms with E-state index in [2.05, 4.69) is 11.4 Å². The van der Waals surface area contributed by atoms with Crippen molar-refractivity contribution in [2.24, 2.45) is 11.8 Å². The summed E-state index contributed by atoms with van der Waals surface area (Å²) in [7, 11) is 1.44. The van der Waals surface area contributed by atoms with Crippen LogP contribution in [-0.2, 0) is 22.5 Å². The molecule has 2 aliphatic carbocycles. The first kappa shape index (κ1) is 13.6. The molecule has 0 amide bonds. The van der Waals surface area contributed by atoms with E-state index in [4.69, 9.17) is 4.74 Å². The normalized spacial score (nSPS) is 18.3. The molecule has 0 heterocycles. The Balaban J connectivity index is 1.62. The van der Waals surface area contributed by atoms with E-state index in [1.807, 2.05) is 18.2 Å². The minimum Gasteiger partial charge on any atom is -0.469 e. The molecule has 0 bridgehead atoms. The molecular weight excluding hydrogens is 250 g/mol. The molecule has 2 saturated carbocycles. The van der Waals surface area contributed by atoms with Gasteiger partial charge in [-0.3, -0.25) is 4.79 Å². The molecule has 108 valence electrons. The van der Waals surface area contributed by atoms with E-state index in [1.54, 1.807) is 0 Å². The summed E-state index contributed by atoms with van der Waals surface area (Å²) < 4.78 is 4.77. The largest absolute Gasteiger partial charge is 0.469 e. The Bertz CT molecular complexity index is 466. The third-order valence-corrected chi connectivity index (χ3v) is 4.47. The molecule has 1 aromatic carbocycles. The van der Waals surface area contributed by atoms with Crippen molar-refractivity contribution in [3.8, 4) is 0 Å². The van der Waals surface area contributed by atoms with Crippen LogP contribution in [0.1, 0.15) is 36.8 Å². The minimum atomic E-state index is -0.168. The van der Waals surface area contributed by atoms with E-state index in [-0.39, 0.29) is 5.97 Å². The maximum Gasteiger partial charge on any atom is 0.309 e. The molecular formula is C17H23NO2. The number of nitrogens with one attached hydrogen (secondary N) is 1. The third-order valence-electron chi connectivity index (χ3n) is 4.47. The third kappa shape index (κ3) is 3.40. The van der Waals surface area contributed by atoms with Crippen LogP contribution < -0.4 is 5.32 Å². The van der Waals surface area contributed by atoms with Gasteiger partial charge in [0.2, 0.25) is 0 Å². The lowest BCUT2D eigenvalue weighted by Crippen LogP contribution is -2.33. The number of carbonyl (C=O) groups excluding carboxylic acids is 1. The van der Waals surface area contributed by atoms with Gasteiger partial charge in [0.25, 0.3) is 0 Å². The molecule has 0 unspecified atom stereocenters. The summed E-state index contributed by atoms with van der Waals surface area (Å²) in [5.74, 6) is 1.63. The summed E-state index contributed by atoms with van der Waals surface area (Å²) in [5, 5.41) is 3.74. The Kier molecular flexibility index (Phi) is 4.06.